The van der Waals surface area contributed by atoms with E-state index in [-0.39, 0.29) is 12.5 Å². The van der Waals surface area contributed by atoms with Crippen LogP contribution in [-0.2, 0) is 20.8 Å². The molecule has 1 fully saturated rings. The summed E-state index contributed by atoms with van der Waals surface area (Å²) < 4.78 is 10.2. The van der Waals surface area contributed by atoms with Crippen molar-refractivity contribution in [3.63, 3.8) is 0 Å². The van der Waals surface area contributed by atoms with E-state index in [2.05, 4.69) is 9.88 Å². The van der Waals surface area contributed by atoms with Crippen molar-refractivity contribution < 1.29 is 14.3 Å². The first-order valence-corrected chi connectivity index (χ1v) is 9.37. The fourth-order valence-corrected chi connectivity index (χ4v) is 3.50. The molecule has 1 aromatic heterocycles. The molecule has 27 heavy (non-hydrogen) atoms. The number of hydrogen-bond acceptors (Lipinski definition) is 7. The molecule has 1 aliphatic heterocycles. The average Bonchev–Trinajstić information content (AvgIpc) is 2.67. The molecule has 2 heterocycles. The molecule has 1 aliphatic rings. The zero-order valence-corrected chi connectivity index (χ0v) is 16.7. The molecule has 0 spiro atoms. The second-order valence-electron chi connectivity index (χ2n) is 6.80. The van der Waals surface area contributed by atoms with Gasteiger partial charge in [-0.25, -0.2) is 9.97 Å². The molecule has 0 atom stereocenters. The van der Waals surface area contributed by atoms with Crippen molar-refractivity contribution in [1.82, 2.24) is 14.9 Å². The maximum absolute atomic E-state index is 11.5. The van der Waals surface area contributed by atoms with E-state index in [1.54, 1.807) is 7.11 Å². The number of rotatable bonds is 6. The molecular formula is C19H25ClN4O3. The van der Waals surface area contributed by atoms with Gasteiger partial charge in [0, 0.05) is 30.6 Å². The van der Waals surface area contributed by atoms with Crippen LogP contribution in [0.4, 0.5) is 5.82 Å². The number of carbonyl (C=O) groups excluding carboxylic acids is 1. The van der Waals surface area contributed by atoms with E-state index < -0.39 is 0 Å². The number of ether oxygens (including phenoxy) is 2. The number of carbonyl (C=O) groups is 1. The summed E-state index contributed by atoms with van der Waals surface area (Å²) in [5.74, 6) is 1.27. The maximum atomic E-state index is 11.5. The number of hydrogen-bond donors (Lipinski definition) is 0. The van der Waals surface area contributed by atoms with E-state index in [1.807, 2.05) is 30.1 Å². The van der Waals surface area contributed by atoms with Gasteiger partial charge in [-0.15, -0.1) is 0 Å². The molecule has 0 aliphatic carbocycles. The number of methoxy groups -OCH3 is 2. The number of halogens is 1. The molecule has 0 saturated carbocycles. The Morgan fingerprint density at radius 2 is 2.04 bits per heavy atom. The normalized spacial score (nSPS) is 15.5. The molecule has 146 valence electrons. The summed E-state index contributed by atoms with van der Waals surface area (Å²) in [6.45, 7) is 2.38. The number of nitrogens with zero attached hydrogens (tertiary/aromatic N) is 4. The van der Waals surface area contributed by atoms with Crippen LogP contribution in [0.2, 0.25) is 5.02 Å². The average molecular weight is 393 g/mol. The van der Waals surface area contributed by atoms with Crippen molar-refractivity contribution in [2.24, 2.45) is 0 Å². The molecule has 1 aromatic carbocycles. The number of esters is 1. The van der Waals surface area contributed by atoms with Crippen LogP contribution in [0.15, 0.2) is 18.2 Å². The van der Waals surface area contributed by atoms with E-state index in [0.717, 1.165) is 42.7 Å². The SMILES string of the molecule is COC(=O)CN(C)Cc1nc(N2CCC(OC)CC2)c2cc(Cl)ccc2n1. The van der Waals surface area contributed by atoms with Gasteiger partial charge in [-0.1, -0.05) is 11.6 Å². The standard InChI is InChI=1S/C19H25ClN4O3/c1-23(12-18(25)27-3)11-17-21-16-5-4-13(20)10-15(16)19(22-17)24-8-6-14(26-2)7-9-24/h4-5,10,14H,6-9,11-12H2,1-3H3. The lowest BCUT2D eigenvalue weighted by molar-refractivity contribution is -0.141. The Morgan fingerprint density at radius 1 is 1.30 bits per heavy atom. The van der Waals surface area contributed by atoms with Gasteiger partial charge in [0.15, 0.2) is 0 Å². The van der Waals surface area contributed by atoms with Gasteiger partial charge in [0.2, 0.25) is 0 Å². The predicted molar refractivity (Wildman–Crippen MR) is 105 cm³/mol. The Bertz CT molecular complexity index is 809. The first-order chi connectivity index (χ1) is 13.0. The molecule has 0 unspecified atom stereocenters. The van der Waals surface area contributed by atoms with Gasteiger partial charge < -0.3 is 14.4 Å². The first kappa shape index (κ1) is 19.8. The minimum absolute atomic E-state index is 0.188. The second kappa shape index (κ2) is 8.82. The highest BCUT2D eigenvalue weighted by molar-refractivity contribution is 6.31. The van der Waals surface area contributed by atoms with Crippen molar-refractivity contribution in [3.8, 4) is 0 Å². The number of fused-ring (bicyclic) bond motifs is 1. The summed E-state index contributed by atoms with van der Waals surface area (Å²) in [4.78, 5) is 25.1. The van der Waals surface area contributed by atoms with Crippen LogP contribution >= 0.6 is 11.6 Å². The van der Waals surface area contributed by atoms with Gasteiger partial charge in [-0.2, -0.15) is 0 Å². The van der Waals surface area contributed by atoms with Gasteiger partial charge in [0.1, 0.15) is 11.6 Å². The second-order valence-corrected chi connectivity index (χ2v) is 7.23. The van der Waals surface area contributed by atoms with Gasteiger partial charge in [-0.05, 0) is 38.1 Å². The Kier molecular flexibility index (Phi) is 6.46. The van der Waals surface area contributed by atoms with Gasteiger partial charge in [0.25, 0.3) is 0 Å². The van der Waals surface area contributed by atoms with Crippen LogP contribution < -0.4 is 4.90 Å². The number of aromatic nitrogens is 2. The molecule has 1 saturated heterocycles. The van der Waals surface area contributed by atoms with Crippen molar-refractivity contribution in [3.05, 3.63) is 29.0 Å². The lowest BCUT2D eigenvalue weighted by Crippen LogP contribution is -2.37. The van der Waals surface area contributed by atoms with Crippen LogP contribution in [0.5, 0.6) is 0 Å². The van der Waals surface area contributed by atoms with E-state index in [9.17, 15) is 4.79 Å². The fraction of sp³-hybridized carbons (Fsp3) is 0.526. The highest BCUT2D eigenvalue weighted by atomic mass is 35.5. The van der Waals surface area contributed by atoms with Crippen molar-refractivity contribution in [1.29, 1.82) is 0 Å². The number of anilines is 1. The number of benzene rings is 1. The topological polar surface area (TPSA) is 67.8 Å². The first-order valence-electron chi connectivity index (χ1n) is 8.99. The summed E-state index contributed by atoms with van der Waals surface area (Å²) in [7, 11) is 4.99. The summed E-state index contributed by atoms with van der Waals surface area (Å²) >= 11 is 6.22. The molecule has 0 bridgehead atoms. The van der Waals surface area contributed by atoms with Crippen LogP contribution in [0.1, 0.15) is 18.7 Å². The van der Waals surface area contributed by atoms with E-state index >= 15 is 0 Å². The largest absolute Gasteiger partial charge is 0.468 e. The van der Waals surface area contributed by atoms with Crippen LogP contribution in [0, 0.1) is 0 Å². The smallest absolute Gasteiger partial charge is 0.319 e. The van der Waals surface area contributed by atoms with Gasteiger partial charge >= 0.3 is 5.97 Å². The monoisotopic (exact) mass is 392 g/mol. The molecule has 3 rings (SSSR count). The Balaban J connectivity index is 1.90. The Morgan fingerprint density at radius 3 is 2.70 bits per heavy atom. The van der Waals surface area contributed by atoms with Crippen molar-refractivity contribution in [2.75, 3.05) is 45.8 Å². The summed E-state index contributed by atoms with van der Waals surface area (Å²) in [5, 5.41) is 1.60. The Hall–Kier alpha value is -1.96. The van der Waals surface area contributed by atoms with E-state index in [1.165, 1.54) is 7.11 Å². The lowest BCUT2D eigenvalue weighted by atomic mass is 10.1. The molecule has 0 N–H and O–H groups in total. The minimum Gasteiger partial charge on any atom is -0.468 e. The number of piperidine rings is 1. The fourth-order valence-electron chi connectivity index (χ4n) is 3.33. The number of likely N-dealkylation sites (N-methyl/N-ethyl adjacent to an activating group) is 1. The maximum Gasteiger partial charge on any atom is 0.319 e. The molecule has 0 radical (unpaired) electrons. The quantitative estimate of drug-likeness (QED) is 0.699. The summed E-state index contributed by atoms with van der Waals surface area (Å²) in [6.07, 6.45) is 2.21. The molecular weight excluding hydrogens is 368 g/mol. The predicted octanol–water partition coefficient (Wildman–Crippen LogP) is 2.50. The third kappa shape index (κ3) is 4.86. The molecule has 0 amide bonds. The van der Waals surface area contributed by atoms with Crippen molar-refractivity contribution >= 4 is 34.3 Å². The van der Waals surface area contributed by atoms with Crippen LogP contribution in [0.3, 0.4) is 0 Å². The third-order valence-electron chi connectivity index (χ3n) is 4.80. The highest BCUT2D eigenvalue weighted by Crippen LogP contribution is 2.29. The Labute approximate surface area is 164 Å². The van der Waals surface area contributed by atoms with Crippen LogP contribution in [-0.4, -0.2) is 67.8 Å². The zero-order chi connectivity index (χ0) is 19.4. The summed E-state index contributed by atoms with van der Waals surface area (Å²) in [5.41, 5.74) is 0.847. The highest BCUT2D eigenvalue weighted by Gasteiger charge is 2.22. The summed E-state index contributed by atoms with van der Waals surface area (Å²) in [6, 6.07) is 5.66. The van der Waals surface area contributed by atoms with Gasteiger partial charge in [0.05, 0.1) is 31.8 Å². The van der Waals surface area contributed by atoms with E-state index in [4.69, 9.17) is 26.1 Å². The van der Waals surface area contributed by atoms with Crippen LogP contribution in [0.25, 0.3) is 10.9 Å². The molecule has 7 nitrogen and oxygen atoms in total. The molecule has 8 heteroatoms. The lowest BCUT2D eigenvalue weighted by Gasteiger charge is -2.33. The minimum atomic E-state index is -0.285. The zero-order valence-electron chi connectivity index (χ0n) is 15.9. The van der Waals surface area contributed by atoms with E-state index in [0.29, 0.717) is 23.5 Å². The van der Waals surface area contributed by atoms with Crippen molar-refractivity contribution in [2.45, 2.75) is 25.5 Å². The molecule has 2 aromatic rings. The van der Waals surface area contributed by atoms with Gasteiger partial charge in [-0.3, -0.25) is 9.69 Å². The third-order valence-corrected chi connectivity index (χ3v) is 5.03.